The number of rotatable bonds is 5. The standard InChI is InChI=1S/C21H25N3O/c1-14(18-13-22-20-8-6-5-7-17(18)20)12-21(25)23-19-10-9-16(24(3)4)11-15(19)2/h5-11,13-14,22H,12H2,1-4H3,(H,23,25). The summed E-state index contributed by atoms with van der Waals surface area (Å²) >= 11 is 0. The molecule has 0 saturated heterocycles. The van der Waals surface area contributed by atoms with E-state index in [0.717, 1.165) is 22.5 Å². The number of H-pyrrole nitrogens is 1. The van der Waals surface area contributed by atoms with Gasteiger partial charge in [-0.3, -0.25) is 4.79 Å². The van der Waals surface area contributed by atoms with Crippen LogP contribution in [0, 0.1) is 6.92 Å². The number of hydrogen-bond donors (Lipinski definition) is 2. The summed E-state index contributed by atoms with van der Waals surface area (Å²) in [5, 5.41) is 4.24. The number of carbonyl (C=O) groups excluding carboxylic acids is 1. The van der Waals surface area contributed by atoms with Crippen LogP contribution in [-0.4, -0.2) is 25.0 Å². The van der Waals surface area contributed by atoms with Crippen LogP contribution >= 0.6 is 0 Å². The summed E-state index contributed by atoms with van der Waals surface area (Å²) in [5.74, 6) is 0.191. The van der Waals surface area contributed by atoms with Gasteiger partial charge in [0.25, 0.3) is 0 Å². The molecule has 130 valence electrons. The van der Waals surface area contributed by atoms with Crippen molar-refractivity contribution < 1.29 is 4.79 Å². The van der Waals surface area contributed by atoms with Gasteiger partial charge in [-0.25, -0.2) is 0 Å². The van der Waals surface area contributed by atoms with Gasteiger partial charge >= 0.3 is 0 Å². The molecule has 0 aliphatic rings. The van der Waals surface area contributed by atoms with Crippen LogP contribution in [0.3, 0.4) is 0 Å². The lowest BCUT2D eigenvalue weighted by Gasteiger charge is -2.16. The minimum absolute atomic E-state index is 0.0403. The summed E-state index contributed by atoms with van der Waals surface area (Å²) in [6.45, 7) is 4.11. The molecule has 2 N–H and O–H groups in total. The molecule has 2 aromatic carbocycles. The first-order chi connectivity index (χ1) is 12.0. The van der Waals surface area contributed by atoms with Crippen molar-refractivity contribution in [3.8, 4) is 0 Å². The molecule has 1 unspecified atom stereocenters. The van der Waals surface area contributed by atoms with Crippen molar-refractivity contribution in [3.63, 3.8) is 0 Å². The van der Waals surface area contributed by atoms with Crippen molar-refractivity contribution in [1.82, 2.24) is 4.98 Å². The first kappa shape index (κ1) is 17.1. The normalized spacial score (nSPS) is 12.2. The number of benzene rings is 2. The number of nitrogens with zero attached hydrogens (tertiary/aromatic N) is 1. The molecule has 0 saturated carbocycles. The van der Waals surface area contributed by atoms with E-state index < -0.39 is 0 Å². The lowest BCUT2D eigenvalue weighted by atomic mass is 9.97. The Hall–Kier alpha value is -2.75. The molecule has 4 heteroatoms. The molecule has 0 bridgehead atoms. The largest absolute Gasteiger partial charge is 0.378 e. The maximum absolute atomic E-state index is 12.5. The third-order valence-electron chi connectivity index (χ3n) is 4.64. The average Bonchev–Trinajstić information content (AvgIpc) is 3.00. The first-order valence-electron chi connectivity index (χ1n) is 8.59. The fourth-order valence-corrected chi connectivity index (χ4v) is 3.16. The smallest absolute Gasteiger partial charge is 0.224 e. The molecule has 1 heterocycles. The molecule has 1 atom stereocenters. The van der Waals surface area contributed by atoms with E-state index in [1.54, 1.807) is 0 Å². The van der Waals surface area contributed by atoms with Crippen molar-refractivity contribution in [2.24, 2.45) is 0 Å². The summed E-state index contributed by atoms with van der Waals surface area (Å²) in [7, 11) is 4.02. The average molecular weight is 335 g/mol. The topological polar surface area (TPSA) is 48.1 Å². The maximum atomic E-state index is 12.5. The fraction of sp³-hybridized carbons (Fsp3) is 0.286. The van der Waals surface area contributed by atoms with Crippen molar-refractivity contribution >= 4 is 28.2 Å². The predicted octanol–water partition coefficient (Wildman–Crippen LogP) is 4.67. The van der Waals surface area contributed by atoms with E-state index in [4.69, 9.17) is 0 Å². The molecule has 4 nitrogen and oxygen atoms in total. The van der Waals surface area contributed by atoms with Gasteiger partial charge in [-0.15, -0.1) is 0 Å². The van der Waals surface area contributed by atoms with E-state index in [2.05, 4.69) is 40.3 Å². The number of nitrogens with one attached hydrogen (secondary N) is 2. The number of carbonyl (C=O) groups is 1. The molecule has 0 aliphatic carbocycles. The van der Waals surface area contributed by atoms with Crippen LogP contribution in [0.1, 0.15) is 30.4 Å². The number of fused-ring (bicyclic) bond motifs is 1. The number of para-hydroxylation sites is 1. The van der Waals surface area contributed by atoms with Gasteiger partial charge in [0.05, 0.1) is 0 Å². The summed E-state index contributed by atoms with van der Waals surface area (Å²) in [4.78, 5) is 17.8. The van der Waals surface area contributed by atoms with Crippen molar-refractivity contribution in [1.29, 1.82) is 0 Å². The zero-order chi connectivity index (χ0) is 18.0. The molecular formula is C21H25N3O. The summed E-state index contributed by atoms with van der Waals surface area (Å²) in [6.07, 6.45) is 2.47. The summed E-state index contributed by atoms with van der Waals surface area (Å²) in [6, 6.07) is 14.3. The van der Waals surface area contributed by atoms with Crippen LogP contribution in [0.4, 0.5) is 11.4 Å². The minimum Gasteiger partial charge on any atom is -0.378 e. The quantitative estimate of drug-likeness (QED) is 0.711. The van der Waals surface area contributed by atoms with E-state index >= 15 is 0 Å². The molecule has 0 fully saturated rings. The molecule has 1 amide bonds. The van der Waals surface area contributed by atoms with Crippen LogP contribution < -0.4 is 10.2 Å². The second-order valence-electron chi connectivity index (χ2n) is 6.84. The van der Waals surface area contributed by atoms with Crippen LogP contribution in [0.5, 0.6) is 0 Å². The molecule has 0 radical (unpaired) electrons. The SMILES string of the molecule is Cc1cc(N(C)C)ccc1NC(=O)CC(C)c1c[nH]c2ccccc12. The number of aromatic amines is 1. The molecule has 0 aliphatic heterocycles. The Morgan fingerprint density at radius 1 is 1.20 bits per heavy atom. The highest BCUT2D eigenvalue weighted by Crippen LogP contribution is 2.28. The van der Waals surface area contributed by atoms with Gasteiger partial charge in [0, 0.05) is 49.0 Å². The fourth-order valence-electron chi connectivity index (χ4n) is 3.16. The molecule has 1 aromatic heterocycles. The van der Waals surface area contributed by atoms with E-state index in [9.17, 15) is 4.79 Å². The zero-order valence-electron chi connectivity index (χ0n) is 15.3. The molecule has 3 rings (SSSR count). The lowest BCUT2D eigenvalue weighted by molar-refractivity contribution is -0.116. The Morgan fingerprint density at radius 3 is 2.68 bits per heavy atom. The molecule has 25 heavy (non-hydrogen) atoms. The Morgan fingerprint density at radius 2 is 1.96 bits per heavy atom. The van der Waals surface area contributed by atoms with E-state index in [1.807, 2.05) is 51.5 Å². The number of aryl methyl sites for hydroxylation is 1. The maximum Gasteiger partial charge on any atom is 0.224 e. The van der Waals surface area contributed by atoms with E-state index in [-0.39, 0.29) is 11.8 Å². The van der Waals surface area contributed by atoms with Crippen LogP contribution in [0.25, 0.3) is 10.9 Å². The van der Waals surface area contributed by atoms with Crippen LogP contribution in [0.2, 0.25) is 0 Å². The Bertz CT molecular complexity index is 895. The Balaban J connectivity index is 1.70. The highest BCUT2D eigenvalue weighted by atomic mass is 16.1. The highest BCUT2D eigenvalue weighted by molar-refractivity contribution is 5.93. The predicted molar refractivity (Wildman–Crippen MR) is 105 cm³/mol. The monoisotopic (exact) mass is 335 g/mol. The Kier molecular flexibility index (Phi) is 4.79. The number of anilines is 2. The molecule has 3 aromatic rings. The zero-order valence-corrected chi connectivity index (χ0v) is 15.3. The van der Waals surface area contributed by atoms with Gasteiger partial charge < -0.3 is 15.2 Å². The van der Waals surface area contributed by atoms with Crippen molar-refractivity contribution in [3.05, 3.63) is 59.8 Å². The van der Waals surface area contributed by atoms with Crippen LogP contribution in [-0.2, 0) is 4.79 Å². The Labute approximate surface area is 148 Å². The van der Waals surface area contributed by atoms with Gasteiger partial charge in [-0.05, 0) is 48.2 Å². The van der Waals surface area contributed by atoms with Gasteiger partial charge in [0.15, 0.2) is 0 Å². The second-order valence-corrected chi connectivity index (χ2v) is 6.84. The van der Waals surface area contributed by atoms with Gasteiger partial charge in [-0.1, -0.05) is 25.1 Å². The first-order valence-corrected chi connectivity index (χ1v) is 8.59. The van der Waals surface area contributed by atoms with Gasteiger partial charge in [-0.2, -0.15) is 0 Å². The number of hydrogen-bond acceptors (Lipinski definition) is 2. The van der Waals surface area contributed by atoms with Gasteiger partial charge in [0.1, 0.15) is 0 Å². The third-order valence-corrected chi connectivity index (χ3v) is 4.64. The minimum atomic E-state index is 0.0403. The number of amides is 1. The third kappa shape index (κ3) is 3.68. The summed E-state index contributed by atoms with van der Waals surface area (Å²) < 4.78 is 0. The lowest BCUT2D eigenvalue weighted by Crippen LogP contribution is -2.15. The number of aromatic nitrogens is 1. The molecular weight excluding hydrogens is 310 g/mol. The van der Waals surface area contributed by atoms with Gasteiger partial charge in [0.2, 0.25) is 5.91 Å². The molecule has 0 spiro atoms. The highest BCUT2D eigenvalue weighted by Gasteiger charge is 2.15. The second kappa shape index (κ2) is 7.01. The van der Waals surface area contributed by atoms with Crippen molar-refractivity contribution in [2.75, 3.05) is 24.3 Å². The van der Waals surface area contributed by atoms with E-state index in [1.165, 1.54) is 10.9 Å². The summed E-state index contributed by atoms with van der Waals surface area (Å²) in [5.41, 5.74) is 5.37. The van der Waals surface area contributed by atoms with Crippen molar-refractivity contribution in [2.45, 2.75) is 26.2 Å². The van der Waals surface area contributed by atoms with E-state index in [0.29, 0.717) is 6.42 Å². The van der Waals surface area contributed by atoms with Crippen LogP contribution in [0.15, 0.2) is 48.7 Å².